The number of hydrogen-bond acceptors (Lipinski definition) is 0. The van der Waals surface area contributed by atoms with Gasteiger partial charge in [0.05, 0.1) is 15.1 Å². The molecule has 0 N–H and O–H groups in total. The number of hydrogen-bond donors (Lipinski definition) is 0. The molecule has 0 bridgehead atoms. The van der Waals surface area contributed by atoms with Crippen LogP contribution < -0.4 is 0 Å². The molecule has 0 nitrogen and oxygen atoms in total. The second-order valence-corrected chi connectivity index (χ2v) is 20.8. The van der Waals surface area contributed by atoms with E-state index in [2.05, 4.69) is 0 Å². The van der Waals surface area contributed by atoms with Crippen molar-refractivity contribution >= 4 is 34.8 Å². The van der Waals surface area contributed by atoms with Crippen LogP contribution in [0.1, 0.15) is 55.6 Å². The lowest BCUT2D eigenvalue weighted by Crippen LogP contribution is -1.92. The maximum Gasteiger partial charge on any atom is 0.166 e. The lowest BCUT2D eigenvalue weighted by Gasteiger charge is -2.07. The second-order valence-electron chi connectivity index (χ2n) is 19.6. The minimum absolute atomic E-state index is 0.198. The normalized spacial score (nSPS) is 10.5. The molecule has 0 fully saturated rings. The highest BCUT2D eigenvalue weighted by Crippen LogP contribution is 2.35. The zero-order chi connectivity index (χ0) is 58.5. The van der Waals surface area contributed by atoms with E-state index in [9.17, 15) is 30.7 Å². The van der Waals surface area contributed by atoms with E-state index in [1.165, 1.54) is 11.1 Å². The molecule has 10 rings (SSSR count). The fourth-order valence-electron chi connectivity index (χ4n) is 8.01. The van der Waals surface area contributed by atoms with Crippen LogP contribution in [0, 0.1) is 110 Å². The summed E-state index contributed by atoms with van der Waals surface area (Å²) in [5, 5.41) is 0.603. The topological polar surface area (TPSA) is 0 Å². The van der Waals surface area contributed by atoms with Crippen LogP contribution >= 0.6 is 34.8 Å². The molecule has 0 radical (unpaired) electrons. The summed E-state index contributed by atoms with van der Waals surface area (Å²) in [4.78, 5) is 0. The van der Waals surface area contributed by atoms with Crippen LogP contribution in [0.3, 0.4) is 0 Å². The molecule has 0 saturated heterocycles. The molecule has 0 aliphatic carbocycles. The van der Waals surface area contributed by atoms with Gasteiger partial charge in [-0.2, -0.15) is 0 Å². The van der Waals surface area contributed by atoms with Crippen molar-refractivity contribution in [3.63, 3.8) is 0 Å². The Labute approximate surface area is 481 Å². The average molecular weight is 1140 g/mol. The van der Waals surface area contributed by atoms with E-state index in [-0.39, 0.29) is 32.5 Å². The molecule has 0 saturated carbocycles. The molecule has 0 spiro atoms. The molecule has 80 heavy (non-hydrogen) atoms. The number of benzene rings is 10. The van der Waals surface area contributed by atoms with Crippen LogP contribution in [0.15, 0.2) is 182 Å². The van der Waals surface area contributed by atoms with E-state index in [0.717, 1.165) is 50.1 Å². The highest BCUT2D eigenvalue weighted by atomic mass is 35.5. The Kier molecular flexibility index (Phi) is 21.7. The van der Waals surface area contributed by atoms with E-state index in [0.29, 0.717) is 50.1 Å². The average Bonchev–Trinajstić information content (AvgIpc) is 3.46. The van der Waals surface area contributed by atoms with Gasteiger partial charge in [-0.1, -0.05) is 245 Å². The zero-order valence-electron chi connectivity index (χ0n) is 46.1. The number of halogens is 10. The van der Waals surface area contributed by atoms with Crippen molar-refractivity contribution in [3.05, 3.63) is 293 Å². The summed E-state index contributed by atoms with van der Waals surface area (Å²) in [6.45, 7) is 18.3. The first-order valence-electron chi connectivity index (χ1n) is 25.6. The fourth-order valence-corrected chi connectivity index (χ4v) is 8.82. The van der Waals surface area contributed by atoms with Crippen molar-refractivity contribution < 1.29 is 30.7 Å². The molecule has 410 valence electrons. The monoisotopic (exact) mass is 1140 g/mol. The standard InChI is InChI=1S/3C14H12ClF.2C14H12F2/c2*1-9-3-6-11(7-4-9)12-8-5-10(2)14(16)13(12)15;3*1-9-3-6-11(7-4-9)12-8-5-10(2)13(15)14(12)16/h5*3-8H,1-2H3. The summed E-state index contributed by atoms with van der Waals surface area (Å²) in [5.74, 6) is -4.09. The highest BCUT2D eigenvalue weighted by Gasteiger charge is 2.16. The van der Waals surface area contributed by atoms with E-state index in [4.69, 9.17) is 34.8 Å². The van der Waals surface area contributed by atoms with Crippen LogP contribution in [0.4, 0.5) is 30.7 Å². The van der Waals surface area contributed by atoms with E-state index in [1.54, 1.807) is 101 Å². The van der Waals surface area contributed by atoms with Crippen molar-refractivity contribution in [1.82, 2.24) is 0 Å². The first-order chi connectivity index (χ1) is 38.0. The first-order valence-corrected chi connectivity index (χ1v) is 26.7. The number of rotatable bonds is 5. The van der Waals surface area contributed by atoms with Crippen LogP contribution in [0.5, 0.6) is 0 Å². The van der Waals surface area contributed by atoms with Gasteiger partial charge in [0.15, 0.2) is 23.3 Å². The Morgan fingerprint density at radius 1 is 0.188 bits per heavy atom. The molecule has 10 heteroatoms. The highest BCUT2D eigenvalue weighted by molar-refractivity contribution is 6.34. The van der Waals surface area contributed by atoms with Gasteiger partial charge in [-0.15, -0.1) is 0 Å². The van der Waals surface area contributed by atoms with Gasteiger partial charge in [-0.3, -0.25) is 0 Å². The molecule has 10 aromatic carbocycles. The predicted molar refractivity (Wildman–Crippen MR) is 321 cm³/mol. The van der Waals surface area contributed by atoms with Gasteiger partial charge in [0, 0.05) is 27.8 Å². The summed E-state index contributed by atoms with van der Waals surface area (Å²) < 4.78 is 95.3. The maximum absolute atomic E-state index is 13.9. The maximum atomic E-state index is 13.9. The quantitative estimate of drug-likeness (QED) is 0.151. The molecule has 0 aromatic heterocycles. The summed E-state index contributed by atoms with van der Waals surface area (Å²) in [7, 11) is 0. The van der Waals surface area contributed by atoms with E-state index in [1.807, 2.05) is 150 Å². The summed E-state index contributed by atoms with van der Waals surface area (Å²) in [6.07, 6.45) is 0. The molecule has 0 aliphatic heterocycles. The molecule has 0 aliphatic rings. The van der Waals surface area contributed by atoms with E-state index >= 15 is 0 Å². The summed E-state index contributed by atoms with van der Waals surface area (Å²) in [6, 6.07) is 55.4. The van der Waals surface area contributed by atoms with Crippen molar-refractivity contribution in [2.24, 2.45) is 0 Å². The summed E-state index contributed by atoms with van der Waals surface area (Å²) in [5.41, 5.74) is 15.0. The Morgan fingerprint density at radius 3 is 0.650 bits per heavy atom. The van der Waals surface area contributed by atoms with E-state index < -0.39 is 23.3 Å². The smallest absolute Gasteiger partial charge is 0.166 e. The minimum atomic E-state index is -0.774. The van der Waals surface area contributed by atoms with Crippen LogP contribution in [0.2, 0.25) is 15.1 Å². The lowest BCUT2D eigenvalue weighted by molar-refractivity contribution is 0.505. The zero-order valence-corrected chi connectivity index (χ0v) is 48.4. The van der Waals surface area contributed by atoms with Crippen LogP contribution in [-0.4, -0.2) is 0 Å². The van der Waals surface area contributed by atoms with Gasteiger partial charge in [0.1, 0.15) is 17.5 Å². The lowest BCUT2D eigenvalue weighted by atomic mass is 10.0. The van der Waals surface area contributed by atoms with Crippen molar-refractivity contribution in [3.8, 4) is 55.6 Å². The predicted octanol–water partition coefficient (Wildman–Crippen LogP) is 22.8. The van der Waals surface area contributed by atoms with Crippen LogP contribution in [-0.2, 0) is 0 Å². The molecular formula is C70H60Cl3F7. The van der Waals surface area contributed by atoms with Crippen LogP contribution in [0.25, 0.3) is 55.6 Å². The third-order valence-electron chi connectivity index (χ3n) is 13.2. The SMILES string of the molecule is Cc1ccc(-c2ccc(C)c(Cl)c2F)cc1.Cc1ccc(-c2ccc(C)c(F)c2Cl)cc1.Cc1ccc(-c2ccc(C)c(F)c2Cl)cc1.Cc1ccc(-c2ccc(C)c(F)c2F)cc1.Cc1ccc(-c2ccc(C)c(F)c2F)cc1. The molecule has 0 unspecified atom stereocenters. The Morgan fingerprint density at radius 2 is 0.388 bits per heavy atom. The molecule has 0 heterocycles. The largest absolute Gasteiger partial charge is 0.205 e. The fraction of sp³-hybridized carbons (Fsp3) is 0.143. The van der Waals surface area contributed by atoms with Gasteiger partial charge in [-0.25, -0.2) is 30.7 Å². The third kappa shape index (κ3) is 15.7. The Hall–Kier alpha value is -7.42. The van der Waals surface area contributed by atoms with Gasteiger partial charge in [0.2, 0.25) is 0 Å². The van der Waals surface area contributed by atoms with Crippen molar-refractivity contribution in [2.45, 2.75) is 69.2 Å². The molecular weight excluding hydrogens is 1080 g/mol. The Balaban J connectivity index is 0.000000161. The first kappa shape index (κ1) is 61.8. The van der Waals surface area contributed by atoms with Gasteiger partial charge < -0.3 is 0 Å². The molecule has 0 atom stereocenters. The summed E-state index contributed by atoms with van der Waals surface area (Å²) >= 11 is 17.9. The van der Waals surface area contributed by atoms with Crippen molar-refractivity contribution in [2.75, 3.05) is 0 Å². The van der Waals surface area contributed by atoms with Gasteiger partial charge in [-0.05, 0) is 125 Å². The minimum Gasteiger partial charge on any atom is -0.205 e. The van der Waals surface area contributed by atoms with Crippen molar-refractivity contribution in [1.29, 1.82) is 0 Å². The molecule has 0 amide bonds. The second kappa shape index (κ2) is 28.1. The number of aryl methyl sites for hydroxylation is 10. The molecule has 10 aromatic rings. The Bertz CT molecular complexity index is 3150. The van der Waals surface area contributed by atoms with Gasteiger partial charge in [0.25, 0.3) is 0 Å². The third-order valence-corrected chi connectivity index (χ3v) is 14.4. The van der Waals surface area contributed by atoms with Gasteiger partial charge >= 0.3 is 0 Å².